The molecule has 3 heterocycles. The highest BCUT2D eigenvalue weighted by Gasteiger charge is 2.46. The van der Waals surface area contributed by atoms with E-state index in [1.54, 1.807) is 6.33 Å². The molecule has 3 aromatic heterocycles. The molecule has 42 heavy (non-hydrogen) atoms. The first-order chi connectivity index (χ1) is 20.2. The fourth-order valence-electron chi connectivity index (χ4n) is 7.45. The molecule has 5 N–H and O–H groups in total. The quantitative estimate of drug-likeness (QED) is 0.247. The molecule has 0 amide bonds. The van der Waals surface area contributed by atoms with Gasteiger partial charge in [-0.25, -0.2) is 19.9 Å². The van der Waals surface area contributed by atoms with E-state index in [-0.39, 0.29) is 17.4 Å². The van der Waals surface area contributed by atoms with Crippen LogP contribution in [-0.2, 0) is 11.8 Å². The molecule has 0 spiro atoms. The van der Waals surface area contributed by atoms with Crippen LogP contribution in [0.1, 0.15) is 83.1 Å². The Balaban J connectivity index is 0.977. The zero-order chi connectivity index (χ0) is 29.2. The summed E-state index contributed by atoms with van der Waals surface area (Å²) >= 11 is 0. The van der Waals surface area contributed by atoms with Gasteiger partial charge < -0.3 is 25.5 Å². The van der Waals surface area contributed by atoms with E-state index in [2.05, 4.69) is 63.8 Å². The number of hydrogen-bond acceptors (Lipinski definition) is 8. The number of hydrogen-bond donors (Lipinski definition) is 4. The first-order valence-corrected chi connectivity index (χ1v) is 15.7. The Hall–Kier alpha value is -3.08. The number of benzene rings is 1. The Bertz CT molecular complexity index is 1560. The molecule has 3 fully saturated rings. The van der Waals surface area contributed by atoms with Gasteiger partial charge in [0.2, 0.25) is 0 Å². The highest BCUT2D eigenvalue weighted by atomic mass is 16.3. The van der Waals surface area contributed by atoms with Crippen molar-refractivity contribution in [3.05, 3.63) is 42.2 Å². The number of aromatic amines is 1. The van der Waals surface area contributed by atoms with Gasteiger partial charge in [0.15, 0.2) is 11.5 Å². The largest absolute Gasteiger partial charge is 0.390 e. The lowest BCUT2D eigenvalue weighted by Gasteiger charge is -2.50. The summed E-state index contributed by atoms with van der Waals surface area (Å²) in [5, 5.41) is 22.2. The maximum atomic E-state index is 11.2. The van der Waals surface area contributed by atoms with E-state index in [9.17, 15) is 10.2 Å². The molecule has 7 rings (SSSR count). The first-order valence-electron chi connectivity index (χ1n) is 15.7. The highest BCUT2D eigenvalue weighted by Crippen LogP contribution is 2.43. The lowest BCUT2D eigenvalue weighted by molar-refractivity contribution is -0.0338. The molecule has 0 unspecified atom stereocenters. The van der Waals surface area contributed by atoms with Gasteiger partial charge in [0.1, 0.15) is 23.8 Å². The Kier molecular flexibility index (Phi) is 6.98. The summed E-state index contributed by atoms with van der Waals surface area (Å²) in [6, 6.07) is 7.44. The maximum absolute atomic E-state index is 11.2. The molecule has 1 aromatic carbocycles. The Morgan fingerprint density at radius 1 is 1.05 bits per heavy atom. The van der Waals surface area contributed by atoms with Gasteiger partial charge in [0.05, 0.1) is 29.5 Å². The molecule has 3 saturated carbocycles. The third kappa shape index (κ3) is 4.97. The van der Waals surface area contributed by atoms with Gasteiger partial charge in [0, 0.05) is 31.0 Å². The molecular weight excluding hydrogens is 528 g/mol. The van der Waals surface area contributed by atoms with Crippen LogP contribution in [0.2, 0.25) is 0 Å². The van der Waals surface area contributed by atoms with Crippen molar-refractivity contribution in [2.45, 2.75) is 108 Å². The fraction of sp³-hybridized carbons (Fsp3) is 0.625. The van der Waals surface area contributed by atoms with Crippen LogP contribution in [0.5, 0.6) is 0 Å². The number of fused-ring (bicyclic) bond motifs is 2. The number of nitrogens with one attached hydrogen (secondary N) is 1. The summed E-state index contributed by atoms with van der Waals surface area (Å²) in [4.78, 5) is 23.9. The molecule has 0 aliphatic heterocycles. The monoisotopic (exact) mass is 572 g/mol. The second-order valence-electron chi connectivity index (χ2n) is 14.1. The van der Waals surface area contributed by atoms with Crippen molar-refractivity contribution < 1.29 is 10.2 Å². The topological polar surface area (TPSA) is 142 Å². The molecule has 4 atom stereocenters. The Morgan fingerprint density at radius 3 is 2.60 bits per heavy atom. The molecule has 4 aromatic rings. The number of aliphatic hydroxyl groups excluding tert-OH is 2. The number of aromatic nitrogens is 6. The van der Waals surface area contributed by atoms with Crippen molar-refractivity contribution >= 4 is 28.0 Å². The zero-order valence-corrected chi connectivity index (χ0v) is 24.9. The van der Waals surface area contributed by atoms with Gasteiger partial charge in [-0.1, -0.05) is 33.3 Å². The predicted octanol–water partition coefficient (Wildman–Crippen LogP) is 4.13. The van der Waals surface area contributed by atoms with E-state index < -0.39 is 12.2 Å². The number of aliphatic hydroxyl groups is 2. The number of nitrogens with zero attached hydrogens (tertiary/aromatic N) is 6. The fourth-order valence-corrected chi connectivity index (χ4v) is 7.45. The summed E-state index contributed by atoms with van der Waals surface area (Å²) in [6.07, 6.45) is 10.4. The average Bonchev–Trinajstić information content (AvgIpc) is 3.58. The van der Waals surface area contributed by atoms with Crippen molar-refractivity contribution in [3.8, 4) is 0 Å². The second kappa shape index (κ2) is 10.6. The lowest BCUT2D eigenvalue weighted by Crippen LogP contribution is -2.54. The SMILES string of the molecule is CC(C)(C)c1ccc2nc(CCC3CC(N(C[C@H]4C[C@@H](n5cnc6c(N)ncnc65)[C@H](O)[C@@H]4O)C4CCC4)C3)[nH]c2c1. The highest BCUT2D eigenvalue weighted by molar-refractivity contribution is 5.81. The van der Waals surface area contributed by atoms with Crippen molar-refractivity contribution in [2.24, 2.45) is 11.8 Å². The van der Waals surface area contributed by atoms with Crippen LogP contribution in [-0.4, -0.2) is 75.4 Å². The summed E-state index contributed by atoms with van der Waals surface area (Å²) < 4.78 is 1.87. The number of anilines is 1. The molecular formula is C32H44N8O2. The van der Waals surface area contributed by atoms with Gasteiger partial charge in [-0.2, -0.15) is 0 Å². The van der Waals surface area contributed by atoms with E-state index in [1.807, 2.05) is 4.57 Å². The standard InChI is InChI=1S/C32H44N8O2/c1-32(2,3)20-8-9-23-24(14-20)38-26(37-23)10-7-18-11-22(12-18)39(21-5-4-6-21)15-19-13-25(29(42)28(19)41)40-17-36-27-30(33)34-16-35-31(27)40/h8-9,14,16-19,21-22,25,28-29,41-42H,4-7,10-13,15H2,1-3H3,(H,37,38)(H2,33,34,35)/t18?,19-,22?,25-,28-,29+/m1/s1. The number of aryl methyl sites for hydroxylation is 1. The summed E-state index contributed by atoms with van der Waals surface area (Å²) in [7, 11) is 0. The number of H-pyrrole nitrogens is 1. The van der Waals surface area contributed by atoms with Gasteiger partial charge in [0.25, 0.3) is 0 Å². The summed E-state index contributed by atoms with van der Waals surface area (Å²) in [5.74, 6) is 2.11. The number of nitrogen functional groups attached to an aromatic ring is 1. The molecule has 10 heteroatoms. The van der Waals surface area contributed by atoms with E-state index in [0.29, 0.717) is 41.4 Å². The van der Waals surface area contributed by atoms with E-state index in [4.69, 9.17) is 10.7 Å². The normalized spacial score (nSPS) is 28.5. The van der Waals surface area contributed by atoms with Crippen molar-refractivity contribution in [2.75, 3.05) is 12.3 Å². The van der Waals surface area contributed by atoms with Gasteiger partial charge in [-0.05, 0) is 67.6 Å². The van der Waals surface area contributed by atoms with Crippen LogP contribution in [0, 0.1) is 11.8 Å². The van der Waals surface area contributed by atoms with E-state index in [1.165, 1.54) is 44.0 Å². The second-order valence-corrected chi connectivity index (χ2v) is 14.1. The molecule has 224 valence electrons. The van der Waals surface area contributed by atoms with Crippen molar-refractivity contribution in [1.29, 1.82) is 0 Å². The minimum atomic E-state index is -0.871. The van der Waals surface area contributed by atoms with Gasteiger partial charge in [-0.3, -0.25) is 4.90 Å². The molecule has 10 nitrogen and oxygen atoms in total. The third-order valence-electron chi connectivity index (χ3n) is 10.4. The predicted molar refractivity (Wildman–Crippen MR) is 163 cm³/mol. The molecule has 0 bridgehead atoms. The molecule has 0 saturated heterocycles. The molecule has 3 aliphatic rings. The maximum Gasteiger partial charge on any atom is 0.165 e. The van der Waals surface area contributed by atoms with Crippen molar-refractivity contribution in [3.63, 3.8) is 0 Å². The number of imidazole rings is 2. The average molecular weight is 573 g/mol. The van der Waals surface area contributed by atoms with Gasteiger partial charge in [-0.15, -0.1) is 0 Å². The van der Waals surface area contributed by atoms with Crippen LogP contribution in [0.15, 0.2) is 30.9 Å². The van der Waals surface area contributed by atoms with E-state index in [0.717, 1.165) is 36.2 Å². The third-order valence-corrected chi connectivity index (χ3v) is 10.4. The smallest absolute Gasteiger partial charge is 0.165 e. The van der Waals surface area contributed by atoms with Crippen LogP contribution < -0.4 is 5.73 Å². The first kappa shape index (κ1) is 27.7. The van der Waals surface area contributed by atoms with Crippen LogP contribution in [0.3, 0.4) is 0 Å². The van der Waals surface area contributed by atoms with Crippen LogP contribution in [0.25, 0.3) is 22.2 Å². The zero-order valence-electron chi connectivity index (χ0n) is 24.9. The Labute approximate surface area is 246 Å². The minimum absolute atomic E-state index is 0.00479. The molecule has 0 radical (unpaired) electrons. The Morgan fingerprint density at radius 2 is 1.86 bits per heavy atom. The molecule has 3 aliphatic carbocycles. The lowest BCUT2D eigenvalue weighted by atomic mass is 9.74. The van der Waals surface area contributed by atoms with Crippen LogP contribution >= 0.6 is 0 Å². The summed E-state index contributed by atoms with van der Waals surface area (Å²) in [5.41, 5.74) is 10.8. The number of nitrogens with two attached hydrogens (primary N) is 1. The summed E-state index contributed by atoms with van der Waals surface area (Å²) in [6.45, 7) is 7.55. The van der Waals surface area contributed by atoms with E-state index >= 15 is 0 Å². The number of rotatable bonds is 8. The minimum Gasteiger partial charge on any atom is -0.390 e. The van der Waals surface area contributed by atoms with Crippen molar-refractivity contribution in [1.82, 2.24) is 34.4 Å². The van der Waals surface area contributed by atoms with Gasteiger partial charge >= 0.3 is 0 Å². The van der Waals surface area contributed by atoms with Crippen LogP contribution in [0.4, 0.5) is 5.82 Å².